The minimum absolute atomic E-state index is 0.0744. The highest BCUT2D eigenvalue weighted by molar-refractivity contribution is 5.25. The van der Waals surface area contributed by atoms with E-state index in [0.29, 0.717) is 16.9 Å². The van der Waals surface area contributed by atoms with Gasteiger partial charge in [-0.3, -0.25) is 0 Å². The van der Waals surface area contributed by atoms with E-state index in [1.807, 2.05) is 0 Å². The summed E-state index contributed by atoms with van der Waals surface area (Å²) in [6.45, 7) is 17.5. The summed E-state index contributed by atoms with van der Waals surface area (Å²) in [5, 5.41) is 0. The van der Waals surface area contributed by atoms with E-state index in [-0.39, 0.29) is 6.29 Å². The second-order valence-electron chi connectivity index (χ2n) is 13.3. The molecule has 9 atom stereocenters. The molecule has 2 nitrogen and oxygen atoms in total. The van der Waals surface area contributed by atoms with Gasteiger partial charge in [-0.15, -0.1) is 0 Å². The molecule has 2 heteroatoms. The summed E-state index contributed by atoms with van der Waals surface area (Å²) in [5.74, 6) is 5.49. The molecule has 0 saturated heterocycles. The topological polar surface area (TPSA) is 18.5 Å². The molecule has 2 unspecified atom stereocenters. The second kappa shape index (κ2) is 10.3. The summed E-state index contributed by atoms with van der Waals surface area (Å²) in [7, 11) is 0. The van der Waals surface area contributed by atoms with Crippen LogP contribution in [0.1, 0.15) is 119 Å². The van der Waals surface area contributed by atoms with E-state index in [4.69, 9.17) is 9.47 Å². The maximum Gasteiger partial charge on any atom is 0.155 e. The number of fused-ring (bicyclic) bond motifs is 5. The van der Waals surface area contributed by atoms with Gasteiger partial charge in [-0.2, -0.15) is 0 Å². The Morgan fingerprint density at radius 2 is 1.76 bits per heavy atom. The van der Waals surface area contributed by atoms with Crippen LogP contribution in [-0.4, -0.2) is 19.0 Å². The first-order valence-electron chi connectivity index (χ1n) is 14.7. The third kappa shape index (κ3) is 5.00. The number of hydrogen-bond acceptors (Lipinski definition) is 2. The van der Waals surface area contributed by atoms with Crippen LogP contribution in [0, 0.1) is 46.3 Å². The lowest BCUT2D eigenvalue weighted by molar-refractivity contribution is -0.167. The van der Waals surface area contributed by atoms with Crippen molar-refractivity contribution in [2.24, 2.45) is 46.3 Å². The zero-order valence-electron chi connectivity index (χ0n) is 23.0. The number of allylic oxidation sites excluding steroid dienone is 1. The van der Waals surface area contributed by atoms with Crippen molar-refractivity contribution in [1.82, 2.24) is 0 Å². The molecule has 4 rings (SSSR count). The number of ether oxygens (including phenoxy) is 2. The predicted octanol–water partition coefficient (Wildman–Crippen LogP) is 8.80. The molecule has 0 amide bonds. The molecule has 0 spiro atoms. The summed E-state index contributed by atoms with van der Waals surface area (Å²) in [4.78, 5) is 0. The highest BCUT2D eigenvalue weighted by atomic mass is 16.7. The zero-order chi connectivity index (χ0) is 23.8. The van der Waals surface area contributed by atoms with Gasteiger partial charge in [0.15, 0.2) is 6.29 Å². The van der Waals surface area contributed by atoms with Gasteiger partial charge in [0.05, 0.1) is 6.10 Å². The van der Waals surface area contributed by atoms with Gasteiger partial charge in [-0.05, 0) is 112 Å². The first-order valence-corrected chi connectivity index (χ1v) is 14.7. The third-order valence-electron chi connectivity index (χ3n) is 11.0. The van der Waals surface area contributed by atoms with Crippen LogP contribution >= 0.6 is 0 Å². The van der Waals surface area contributed by atoms with Crippen LogP contribution in [0.3, 0.4) is 0 Å². The van der Waals surface area contributed by atoms with Gasteiger partial charge in [0, 0.05) is 6.61 Å². The van der Waals surface area contributed by atoms with Crippen molar-refractivity contribution in [1.29, 1.82) is 0 Å². The van der Waals surface area contributed by atoms with Crippen LogP contribution in [0.4, 0.5) is 0 Å². The average molecular weight is 459 g/mol. The Balaban J connectivity index is 1.43. The molecular formula is C31H54O2. The van der Waals surface area contributed by atoms with Gasteiger partial charge in [-0.1, -0.05) is 65.5 Å². The van der Waals surface area contributed by atoms with Gasteiger partial charge in [-0.25, -0.2) is 0 Å². The van der Waals surface area contributed by atoms with E-state index >= 15 is 0 Å². The van der Waals surface area contributed by atoms with Gasteiger partial charge in [0.1, 0.15) is 0 Å². The molecule has 190 valence electrons. The highest BCUT2D eigenvalue weighted by Gasteiger charge is 2.59. The largest absolute Gasteiger partial charge is 0.353 e. The second-order valence-corrected chi connectivity index (χ2v) is 13.3. The van der Waals surface area contributed by atoms with E-state index in [2.05, 4.69) is 54.5 Å². The summed E-state index contributed by atoms with van der Waals surface area (Å²) in [6.07, 6.45) is 18.1. The van der Waals surface area contributed by atoms with Crippen molar-refractivity contribution >= 4 is 0 Å². The molecule has 0 aromatic carbocycles. The molecule has 33 heavy (non-hydrogen) atoms. The van der Waals surface area contributed by atoms with E-state index in [9.17, 15) is 0 Å². The van der Waals surface area contributed by atoms with Gasteiger partial charge >= 0.3 is 0 Å². The van der Waals surface area contributed by atoms with E-state index < -0.39 is 0 Å². The lowest BCUT2D eigenvalue weighted by Gasteiger charge is -2.58. The van der Waals surface area contributed by atoms with E-state index in [1.165, 1.54) is 64.2 Å². The normalized spacial score (nSPS) is 42.3. The Morgan fingerprint density at radius 1 is 0.970 bits per heavy atom. The fourth-order valence-electron chi connectivity index (χ4n) is 9.31. The molecule has 3 saturated carbocycles. The predicted molar refractivity (Wildman–Crippen MR) is 139 cm³/mol. The average Bonchev–Trinajstić information content (AvgIpc) is 3.11. The van der Waals surface area contributed by atoms with Crippen LogP contribution in [0.25, 0.3) is 0 Å². The summed E-state index contributed by atoms with van der Waals surface area (Å²) < 4.78 is 11.9. The molecule has 4 aliphatic rings. The summed E-state index contributed by atoms with van der Waals surface area (Å²) >= 11 is 0. The molecule has 0 aromatic heterocycles. The van der Waals surface area contributed by atoms with Gasteiger partial charge in [0.25, 0.3) is 0 Å². The van der Waals surface area contributed by atoms with Crippen LogP contribution in [0.15, 0.2) is 11.6 Å². The molecule has 0 heterocycles. The Kier molecular flexibility index (Phi) is 8.06. The Morgan fingerprint density at radius 3 is 2.48 bits per heavy atom. The Hall–Kier alpha value is -0.340. The van der Waals surface area contributed by atoms with Crippen LogP contribution < -0.4 is 0 Å². The van der Waals surface area contributed by atoms with Crippen molar-refractivity contribution in [3.63, 3.8) is 0 Å². The van der Waals surface area contributed by atoms with Crippen molar-refractivity contribution in [3.05, 3.63) is 11.6 Å². The van der Waals surface area contributed by atoms with Gasteiger partial charge in [0.2, 0.25) is 0 Å². The number of rotatable bonds is 9. The lowest BCUT2D eigenvalue weighted by Crippen LogP contribution is -2.51. The lowest BCUT2D eigenvalue weighted by atomic mass is 9.47. The number of hydrogen-bond donors (Lipinski definition) is 0. The molecular weight excluding hydrogens is 404 g/mol. The molecule has 3 fully saturated rings. The Labute approximate surface area is 205 Å². The SMILES string of the molecule is CCOC(C)OC1CC[C@@]2(C)C(=CC[C@H]3[C@@H]4CC[C@H]([C@H](C)CCCC(C)C)[C@@]4(C)CC[C@@H]32)C1. The molecule has 4 aliphatic carbocycles. The quantitative estimate of drug-likeness (QED) is 0.254. The monoisotopic (exact) mass is 458 g/mol. The fourth-order valence-corrected chi connectivity index (χ4v) is 9.31. The summed E-state index contributed by atoms with van der Waals surface area (Å²) in [6, 6.07) is 0. The third-order valence-corrected chi connectivity index (χ3v) is 11.0. The maximum absolute atomic E-state index is 6.27. The summed E-state index contributed by atoms with van der Waals surface area (Å²) in [5.41, 5.74) is 2.73. The Bertz CT molecular complexity index is 682. The minimum Gasteiger partial charge on any atom is -0.353 e. The van der Waals surface area contributed by atoms with Crippen molar-refractivity contribution in [2.75, 3.05) is 6.61 Å². The molecule has 0 bridgehead atoms. The molecule has 0 aliphatic heterocycles. The maximum atomic E-state index is 6.27. The smallest absolute Gasteiger partial charge is 0.155 e. The molecule has 0 radical (unpaired) electrons. The molecule has 0 aromatic rings. The van der Waals surface area contributed by atoms with Crippen molar-refractivity contribution in [2.45, 2.75) is 131 Å². The molecule has 0 N–H and O–H groups in total. The highest BCUT2D eigenvalue weighted by Crippen LogP contribution is 2.67. The van der Waals surface area contributed by atoms with E-state index in [0.717, 1.165) is 48.5 Å². The first-order chi connectivity index (χ1) is 15.7. The standard InChI is InChI=1S/C31H54O2/c1-8-32-23(5)33-25-16-18-30(6)24(20-25)12-13-26-28-15-14-27(22(4)11-9-10-21(2)3)31(28,7)19-17-29(26)30/h12,21-23,25-29H,8-11,13-20H2,1-7H3/t22-,23?,25?,26+,27-,28+,29+,30+,31-/m1/s1. The fraction of sp³-hybridized carbons (Fsp3) is 0.935. The van der Waals surface area contributed by atoms with Gasteiger partial charge < -0.3 is 9.47 Å². The van der Waals surface area contributed by atoms with Crippen LogP contribution in [-0.2, 0) is 9.47 Å². The van der Waals surface area contributed by atoms with E-state index in [1.54, 1.807) is 5.57 Å². The van der Waals surface area contributed by atoms with Crippen molar-refractivity contribution < 1.29 is 9.47 Å². The zero-order valence-corrected chi connectivity index (χ0v) is 23.0. The van der Waals surface area contributed by atoms with Crippen LogP contribution in [0.5, 0.6) is 0 Å². The first kappa shape index (κ1) is 25.7. The van der Waals surface area contributed by atoms with Crippen molar-refractivity contribution in [3.8, 4) is 0 Å². The minimum atomic E-state index is -0.0744. The van der Waals surface area contributed by atoms with Crippen LogP contribution in [0.2, 0.25) is 0 Å².